The number of rotatable bonds is 7. The molecular formula is C28H29N5O4S2. The zero-order valence-electron chi connectivity index (χ0n) is 21.9. The predicted octanol–water partition coefficient (Wildman–Crippen LogP) is 4.75. The maximum atomic E-state index is 11.9. The molecule has 2 aromatic carbocycles. The number of nitrogens with one attached hydrogen (secondary N) is 2. The van der Waals surface area contributed by atoms with Crippen molar-refractivity contribution in [3.63, 3.8) is 0 Å². The van der Waals surface area contributed by atoms with Gasteiger partial charge in [-0.1, -0.05) is 6.07 Å². The number of sulfonamides is 1. The number of methoxy groups -OCH3 is 1. The number of hydrogen-bond acceptors (Lipinski definition) is 6. The molecule has 3 heterocycles. The highest BCUT2D eigenvalue weighted by Gasteiger charge is 2.42. The van der Waals surface area contributed by atoms with Gasteiger partial charge in [-0.3, -0.25) is 9.71 Å². The van der Waals surface area contributed by atoms with Crippen molar-refractivity contribution in [3.05, 3.63) is 95.6 Å². The van der Waals surface area contributed by atoms with Gasteiger partial charge in [0.25, 0.3) is 0 Å². The van der Waals surface area contributed by atoms with Crippen LogP contribution < -0.4 is 19.7 Å². The lowest BCUT2D eigenvalue weighted by atomic mass is 9.96. The molecule has 0 amide bonds. The number of aromatic nitrogens is 2. The van der Waals surface area contributed by atoms with E-state index in [0.29, 0.717) is 16.5 Å². The van der Waals surface area contributed by atoms with E-state index in [9.17, 15) is 13.5 Å². The molecule has 0 spiro atoms. The van der Waals surface area contributed by atoms with Crippen LogP contribution in [-0.4, -0.2) is 41.6 Å². The van der Waals surface area contributed by atoms with E-state index in [1.54, 1.807) is 30.5 Å². The number of phenolic OH excluding ortho intramolecular Hbond substituents is 1. The monoisotopic (exact) mass is 563 g/mol. The van der Waals surface area contributed by atoms with Gasteiger partial charge in [0.1, 0.15) is 11.5 Å². The van der Waals surface area contributed by atoms with Crippen molar-refractivity contribution in [2.45, 2.75) is 25.9 Å². The largest absolute Gasteiger partial charge is 0.508 e. The van der Waals surface area contributed by atoms with Gasteiger partial charge in [0.05, 0.1) is 36.8 Å². The van der Waals surface area contributed by atoms with Crippen molar-refractivity contribution >= 4 is 38.7 Å². The maximum absolute atomic E-state index is 11.9. The number of ether oxygens (including phenoxy) is 1. The van der Waals surface area contributed by atoms with Crippen LogP contribution in [0.25, 0.3) is 5.69 Å². The quantitative estimate of drug-likeness (QED) is 0.277. The third kappa shape index (κ3) is 5.15. The Bertz CT molecular complexity index is 1640. The summed E-state index contributed by atoms with van der Waals surface area (Å²) >= 11 is 5.87. The van der Waals surface area contributed by atoms with E-state index in [1.165, 1.54) is 7.11 Å². The molecule has 2 aromatic heterocycles. The van der Waals surface area contributed by atoms with Gasteiger partial charge >= 0.3 is 0 Å². The van der Waals surface area contributed by atoms with E-state index in [1.807, 2.05) is 48.2 Å². The molecule has 0 unspecified atom stereocenters. The zero-order valence-corrected chi connectivity index (χ0v) is 23.5. The molecule has 11 heteroatoms. The van der Waals surface area contributed by atoms with Crippen molar-refractivity contribution < 1.29 is 18.3 Å². The van der Waals surface area contributed by atoms with Gasteiger partial charge in [0.2, 0.25) is 10.0 Å². The molecule has 9 nitrogen and oxygen atoms in total. The average molecular weight is 564 g/mol. The molecule has 1 aliphatic heterocycles. The molecule has 0 bridgehead atoms. The second-order valence-corrected chi connectivity index (χ2v) is 11.6. The molecule has 5 rings (SSSR count). The molecular weight excluding hydrogens is 534 g/mol. The lowest BCUT2D eigenvalue weighted by Crippen LogP contribution is -2.29. The molecule has 0 radical (unpaired) electrons. The van der Waals surface area contributed by atoms with Gasteiger partial charge in [-0.2, -0.15) is 0 Å². The maximum Gasteiger partial charge on any atom is 0.229 e. The van der Waals surface area contributed by atoms with Crippen LogP contribution in [0, 0.1) is 13.8 Å². The summed E-state index contributed by atoms with van der Waals surface area (Å²) in [5.41, 5.74) is 5.93. The molecule has 0 saturated carbocycles. The smallest absolute Gasteiger partial charge is 0.229 e. The third-order valence-electron chi connectivity index (χ3n) is 6.75. The van der Waals surface area contributed by atoms with Crippen LogP contribution in [0.1, 0.15) is 34.7 Å². The summed E-state index contributed by atoms with van der Waals surface area (Å²) in [5, 5.41) is 13.8. The second kappa shape index (κ2) is 10.2. The van der Waals surface area contributed by atoms with Crippen molar-refractivity contribution in [2.75, 3.05) is 23.0 Å². The molecule has 202 valence electrons. The van der Waals surface area contributed by atoms with Crippen LogP contribution in [0.2, 0.25) is 0 Å². The zero-order chi connectivity index (χ0) is 27.9. The van der Waals surface area contributed by atoms with Gasteiger partial charge in [-0.25, -0.2) is 8.42 Å². The van der Waals surface area contributed by atoms with E-state index < -0.39 is 10.0 Å². The first-order valence-electron chi connectivity index (χ1n) is 12.2. The Morgan fingerprint density at radius 3 is 2.41 bits per heavy atom. The summed E-state index contributed by atoms with van der Waals surface area (Å²) in [4.78, 5) is 6.65. The van der Waals surface area contributed by atoms with Crippen LogP contribution in [0.3, 0.4) is 0 Å². The fourth-order valence-corrected chi connectivity index (χ4v) is 6.06. The van der Waals surface area contributed by atoms with E-state index in [-0.39, 0.29) is 17.8 Å². The van der Waals surface area contributed by atoms with Gasteiger partial charge < -0.3 is 24.6 Å². The minimum absolute atomic E-state index is 0.205. The number of aryl methyl sites for hydroxylation is 1. The molecule has 3 N–H and O–H groups in total. The lowest BCUT2D eigenvalue weighted by molar-refractivity contribution is 0.417. The lowest BCUT2D eigenvalue weighted by Gasteiger charge is -2.29. The summed E-state index contributed by atoms with van der Waals surface area (Å²) in [5.74, 6) is 0.575. The average Bonchev–Trinajstić information content (AvgIpc) is 3.39. The number of nitrogens with zero attached hydrogens (tertiary/aromatic N) is 3. The number of aromatic hydroxyl groups is 1. The molecule has 2 atom stereocenters. The van der Waals surface area contributed by atoms with E-state index in [2.05, 4.69) is 32.6 Å². The molecule has 4 aromatic rings. The van der Waals surface area contributed by atoms with Crippen LogP contribution in [0.4, 0.5) is 11.4 Å². The summed E-state index contributed by atoms with van der Waals surface area (Å²) in [6, 6.07) is 19.7. The molecule has 0 aliphatic carbocycles. The molecule has 1 saturated heterocycles. The van der Waals surface area contributed by atoms with Crippen molar-refractivity contribution in [1.82, 2.24) is 14.9 Å². The highest BCUT2D eigenvalue weighted by Crippen LogP contribution is 2.45. The Morgan fingerprint density at radius 1 is 1.05 bits per heavy atom. The van der Waals surface area contributed by atoms with Gasteiger partial charge in [0.15, 0.2) is 5.11 Å². The number of thiocarbonyl (C=S) groups is 1. The number of pyridine rings is 1. The number of anilines is 2. The number of hydrogen-bond donors (Lipinski definition) is 3. The molecule has 1 fully saturated rings. The minimum atomic E-state index is -3.50. The van der Waals surface area contributed by atoms with Crippen molar-refractivity contribution in [3.8, 4) is 17.2 Å². The highest BCUT2D eigenvalue weighted by molar-refractivity contribution is 7.92. The van der Waals surface area contributed by atoms with E-state index in [4.69, 9.17) is 17.0 Å². The first-order chi connectivity index (χ1) is 18.6. The van der Waals surface area contributed by atoms with Crippen LogP contribution in [0.15, 0.2) is 72.9 Å². The fraction of sp³-hybridized carbons (Fsp3) is 0.214. The second-order valence-electron chi connectivity index (χ2n) is 9.43. The summed E-state index contributed by atoms with van der Waals surface area (Å²) in [6.07, 6.45) is 2.85. The summed E-state index contributed by atoms with van der Waals surface area (Å²) in [6.45, 7) is 4.10. The Hall–Kier alpha value is -4.09. The third-order valence-corrected chi connectivity index (χ3v) is 7.66. The van der Waals surface area contributed by atoms with E-state index in [0.717, 1.165) is 40.3 Å². The van der Waals surface area contributed by atoms with Gasteiger partial charge in [-0.05, 0) is 86.2 Å². The van der Waals surface area contributed by atoms with E-state index >= 15 is 0 Å². The normalized spacial score (nSPS) is 17.2. The van der Waals surface area contributed by atoms with Crippen LogP contribution in [0.5, 0.6) is 11.5 Å². The Kier molecular flexibility index (Phi) is 6.96. The minimum Gasteiger partial charge on any atom is -0.508 e. The Labute approximate surface area is 233 Å². The number of benzene rings is 2. The van der Waals surface area contributed by atoms with Crippen LogP contribution >= 0.6 is 12.2 Å². The first kappa shape index (κ1) is 26.5. The Balaban J connectivity index is 1.66. The SMILES string of the molecule is COc1cc(N2C(=S)N[C@@H](c3ccccn3)[C@H]2c2cc(C)n(-c3ccc(O)cc3)c2C)ccc1NS(C)(=O)=O. The standard InChI is InChI=1S/C28H29N5O4S2/c1-17-15-22(18(2)32(17)19-8-11-21(34)12-9-19)27-26(24-7-5-6-14-29-24)30-28(38)33(27)20-10-13-23(25(16-20)37-3)31-39(4,35)36/h5-16,26-27,31,34H,1-4H3,(H,30,38)/t26-,27+/m0/s1. The van der Waals surface area contributed by atoms with Crippen molar-refractivity contribution in [1.29, 1.82) is 0 Å². The number of phenols is 1. The summed E-state index contributed by atoms with van der Waals surface area (Å²) in [7, 11) is -2.00. The summed E-state index contributed by atoms with van der Waals surface area (Å²) < 4.78 is 33.9. The first-order valence-corrected chi connectivity index (χ1v) is 14.5. The predicted molar refractivity (Wildman–Crippen MR) is 156 cm³/mol. The fourth-order valence-electron chi connectivity index (χ4n) is 5.15. The van der Waals surface area contributed by atoms with Crippen molar-refractivity contribution in [2.24, 2.45) is 0 Å². The highest BCUT2D eigenvalue weighted by atomic mass is 32.2. The molecule has 1 aliphatic rings. The van der Waals surface area contributed by atoms with Gasteiger partial charge in [-0.15, -0.1) is 0 Å². The molecule has 39 heavy (non-hydrogen) atoms. The van der Waals surface area contributed by atoms with Crippen LogP contribution in [-0.2, 0) is 10.0 Å². The topological polar surface area (TPSA) is 109 Å². The Morgan fingerprint density at radius 2 is 1.77 bits per heavy atom. The van der Waals surface area contributed by atoms with Gasteiger partial charge in [0, 0.05) is 35.0 Å².